The summed E-state index contributed by atoms with van der Waals surface area (Å²) in [5.41, 5.74) is 0.00617. The average molecular weight is 207 g/mol. The Morgan fingerprint density at radius 1 is 1.42 bits per heavy atom. The number of nitrogens with zero attached hydrogens (tertiary/aromatic N) is 2. The molecular formula is C6H4Cl2N2O2. The first kappa shape index (κ1) is 9.09. The van der Waals surface area contributed by atoms with Crippen LogP contribution < -0.4 is 0 Å². The van der Waals surface area contributed by atoms with Gasteiger partial charge in [0, 0.05) is 6.07 Å². The molecule has 12 heavy (non-hydrogen) atoms. The second-order valence-corrected chi connectivity index (χ2v) is 2.72. The molecule has 6 heteroatoms. The SMILES string of the molecule is [O-][N+](=NO)c1cccc(Cl)c1Cl. The fourth-order valence-corrected chi connectivity index (χ4v) is 1.06. The molecule has 0 aromatic heterocycles. The minimum Gasteiger partial charge on any atom is -0.592 e. The zero-order valence-electron chi connectivity index (χ0n) is 5.74. The van der Waals surface area contributed by atoms with E-state index < -0.39 is 0 Å². The van der Waals surface area contributed by atoms with Gasteiger partial charge in [0.05, 0.1) is 5.02 Å². The Hall–Kier alpha value is -1.000. The van der Waals surface area contributed by atoms with Gasteiger partial charge in [-0.25, -0.2) is 0 Å². The third-order valence-electron chi connectivity index (χ3n) is 1.22. The number of halogens is 2. The van der Waals surface area contributed by atoms with Gasteiger partial charge in [-0.2, -0.15) is 0 Å². The van der Waals surface area contributed by atoms with Crippen molar-refractivity contribution in [2.45, 2.75) is 0 Å². The molecule has 0 heterocycles. The monoisotopic (exact) mass is 206 g/mol. The summed E-state index contributed by atoms with van der Waals surface area (Å²) in [4.78, 5) is -0.0196. The summed E-state index contributed by atoms with van der Waals surface area (Å²) < 4.78 is 0. The molecule has 0 aliphatic heterocycles. The van der Waals surface area contributed by atoms with Gasteiger partial charge in [-0.15, -0.1) is 0 Å². The maximum absolute atomic E-state index is 10.7. The summed E-state index contributed by atoms with van der Waals surface area (Å²) in [6.45, 7) is 0. The van der Waals surface area contributed by atoms with Crippen LogP contribution in [-0.4, -0.2) is 10.1 Å². The lowest BCUT2D eigenvalue weighted by Gasteiger charge is -1.99. The molecule has 0 bridgehead atoms. The molecule has 0 radical (unpaired) electrons. The Morgan fingerprint density at radius 2 is 2.08 bits per heavy atom. The lowest BCUT2D eigenvalue weighted by molar-refractivity contribution is -0.473. The van der Waals surface area contributed by atoms with Crippen LogP contribution in [0.3, 0.4) is 0 Å². The standard InChI is InChI=1S/C6H4Cl2N2O2/c7-4-2-1-3-5(6(4)8)10(12)9-11/h1-3,11H. The molecule has 1 N–H and O–H groups in total. The summed E-state index contributed by atoms with van der Waals surface area (Å²) in [5.74, 6) is 0. The highest BCUT2D eigenvalue weighted by Crippen LogP contribution is 2.31. The summed E-state index contributed by atoms with van der Waals surface area (Å²) in [5, 5.41) is 21.6. The zero-order chi connectivity index (χ0) is 9.14. The summed E-state index contributed by atoms with van der Waals surface area (Å²) in [6.07, 6.45) is 0. The third kappa shape index (κ3) is 1.60. The predicted molar refractivity (Wildman–Crippen MR) is 44.0 cm³/mol. The Bertz CT molecular complexity index is 327. The van der Waals surface area contributed by atoms with Gasteiger partial charge in [-0.3, -0.25) is 0 Å². The lowest BCUT2D eigenvalue weighted by atomic mass is 10.3. The normalized spacial score (nSPS) is 11.7. The molecule has 1 aromatic rings. The van der Waals surface area contributed by atoms with Crippen LogP contribution in [0.25, 0.3) is 0 Å². The van der Waals surface area contributed by atoms with E-state index in [1.165, 1.54) is 18.2 Å². The van der Waals surface area contributed by atoms with Crippen molar-refractivity contribution in [2.24, 2.45) is 5.28 Å². The molecule has 0 amide bonds. The molecule has 0 aliphatic rings. The average Bonchev–Trinajstić information content (AvgIpc) is 2.08. The highest BCUT2D eigenvalue weighted by atomic mass is 35.5. The molecule has 0 saturated carbocycles. The second-order valence-electron chi connectivity index (χ2n) is 1.94. The van der Waals surface area contributed by atoms with E-state index in [4.69, 9.17) is 28.4 Å². The first-order valence-electron chi connectivity index (χ1n) is 2.93. The summed E-state index contributed by atoms with van der Waals surface area (Å²) >= 11 is 11.2. The highest BCUT2D eigenvalue weighted by molar-refractivity contribution is 6.43. The van der Waals surface area contributed by atoms with Crippen LogP contribution in [-0.2, 0) is 0 Å². The molecule has 0 saturated heterocycles. The van der Waals surface area contributed by atoms with Crippen LogP contribution in [0.15, 0.2) is 23.5 Å². The van der Waals surface area contributed by atoms with Crippen molar-refractivity contribution in [3.63, 3.8) is 0 Å². The quantitative estimate of drug-likeness (QED) is 0.437. The van der Waals surface area contributed by atoms with Crippen LogP contribution in [0.5, 0.6) is 0 Å². The van der Waals surface area contributed by atoms with Gasteiger partial charge in [0.2, 0.25) is 5.28 Å². The Labute approximate surface area is 78.2 Å². The van der Waals surface area contributed by atoms with Gasteiger partial charge >= 0.3 is 0 Å². The van der Waals surface area contributed by atoms with E-state index in [1.54, 1.807) is 0 Å². The summed E-state index contributed by atoms with van der Waals surface area (Å²) in [7, 11) is 0. The van der Waals surface area contributed by atoms with Gasteiger partial charge in [0.15, 0.2) is 0 Å². The smallest absolute Gasteiger partial charge is 0.268 e. The van der Waals surface area contributed by atoms with Gasteiger partial charge in [-0.1, -0.05) is 29.3 Å². The van der Waals surface area contributed by atoms with Crippen molar-refractivity contribution in [3.05, 3.63) is 33.5 Å². The van der Waals surface area contributed by atoms with E-state index in [9.17, 15) is 5.21 Å². The van der Waals surface area contributed by atoms with Gasteiger partial charge < -0.3 is 10.4 Å². The summed E-state index contributed by atoms with van der Waals surface area (Å²) in [6, 6.07) is 4.44. The van der Waals surface area contributed by atoms with Crippen molar-refractivity contribution in [3.8, 4) is 0 Å². The molecule has 1 aromatic carbocycles. The van der Waals surface area contributed by atoms with Gasteiger partial charge in [-0.05, 0) is 10.9 Å². The van der Waals surface area contributed by atoms with E-state index in [1.807, 2.05) is 0 Å². The first-order chi connectivity index (χ1) is 5.66. The van der Waals surface area contributed by atoms with E-state index in [0.29, 0.717) is 0 Å². The number of hydrogen-bond donors (Lipinski definition) is 1. The minimum absolute atomic E-state index is 0.00617. The molecule has 0 atom stereocenters. The Morgan fingerprint density at radius 3 is 2.67 bits per heavy atom. The van der Waals surface area contributed by atoms with Crippen molar-refractivity contribution < 1.29 is 10.1 Å². The fraction of sp³-hybridized carbons (Fsp3) is 0. The van der Waals surface area contributed by atoms with E-state index in [0.717, 1.165) is 0 Å². The topological polar surface area (TPSA) is 58.7 Å². The van der Waals surface area contributed by atoms with Crippen LogP contribution in [0.2, 0.25) is 10.0 Å². The maximum atomic E-state index is 10.7. The van der Waals surface area contributed by atoms with Crippen molar-refractivity contribution in [1.82, 2.24) is 0 Å². The van der Waals surface area contributed by atoms with Gasteiger partial charge in [0.25, 0.3) is 5.69 Å². The fourth-order valence-electron chi connectivity index (χ4n) is 0.688. The van der Waals surface area contributed by atoms with E-state index >= 15 is 0 Å². The lowest BCUT2D eigenvalue weighted by Crippen LogP contribution is -1.91. The van der Waals surface area contributed by atoms with E-state index in [-0.39, 0.29) is 20.6 Å². The molecular weight excluding hydrogens is 203 g/mol. The number of rotatable bonds is 1. The van der Waals surface area contributed by atoms with Crippen LogP contribution in [0.1, 0.15) is 0 Å². The van der Waals surface area contributed by atoms with E-state index in [2.05, 4.69) is 5.28 Å². The Balaban J connectivity index is 3.26. The zero-order valence-corrected chi connectivity index (χ0v) is 7.25. The minimum atomic E-state index is -0.0196. The molecule has 4 nitrogen and oxygen atoms in total. The van der Waals surface area contributed by atoms with Crippen molar-refractivity contribution in [2.75, 3.05) is 0 Å². The van der Waals surface area contributed by atoms with Crippen LogP contribution in [0.4, 0.5) is 5.69 Å². The van der Waals surface area contributed by atoms with Crippen molar-refractivity contribution in [1.29, 1.82) is 0 Å². The number of benzene rings is 1. The molecule has 0 aliphatic carbocycles. The predicted octanol–water partition coefficient (Wildman–Crippen LogP) is 2.98. The molecule has 1 rings (SSSR count). The number of hydrogen-bond acceptors (Lipinski definition) is 2. The van der Waals surface area contributed by atoms with Crippen LogP contribution in [0, 0.1) is 5.21 Å². The molecule has 0 fully saturated rings. The molecule has 64 valence electrons. The largest absolute Gasteiger partial charge is 0.592 e. The first-order valence-corrected chi connectivity index (χ1v) is 3.68. The second kappa shape index (κ2) is 3.60. The maximum Gasteiger partial charge on any atom is 0.268 e. The Kier molecular flexibility index (Phi) is 2.73. The van der Waals surface area contributed by atoms with Crippen molar-refractivity contribution >= 4 is 28.9 Å². The van der Waals surface area contributed by atoms with Gasteiger partial charge in [0.1, 0.15) is 5.02 Å². The molecule has 0 unspecified atom stereocenters. The third-order valence-corrected chi connectivity index (χ3v) is 2.03. The van der Waals surface area contributed by atoms with Crippen LogP contribution >= 0.6 is 23.2 Å². The highest BCUT2D eigenvalue weighted by Gasteiger charge is 2.12. The molecule has 0 spiro atoms.